The van der Waals surface area contributed by atoms with Gasteiger partial charge in [-0.15, -0.1) is 0 Å². The summed E-state index contributed by atoms with van der Waals surface area (Å²) in [6, 6.07) is 2.67. The second kappa shape index (κ2) is 9.36. The third kappa shape index (κ3) is 4.57. The second-order valence-corrected chi connectivity index (χ2v) is 9.27. The van der Waals surface area contributed by atoms with Crippen molar-refractivity contribution in [1.82, 2.24) is 30.2 Å². The Labute approximate surface area is 196 Å². The fourth-order valence-corrected chi connectivity index (χ4v) is 4.62. The molecule has 1 aliphatic rings. The number of halogens is 1. The third-order valence-electron chi connectivity index (χ3n) is 6.52. The van der Waals surface area contributed by atoms with E-state index in [4.69, 9.17) is 0 Å². The van der Waals surface area contributed by atoms with Gasteiger partial charge in [0.15, 0.2) is 5.82 Å². The van der Waals surface area contributed by atoms with Gasteiger partial charge in [0.2, 0.25) is 0 Å². The molecule has 1 aliphatic carbocycles. The molecule has 0 bridgehead atoms. The molecule has 34 heavy (non-hydrogen) atoms. The molecule has 1 aromatic carbocycles. The van der Waals surface area contributed by atoms with Gasteiger partial charge in [0, 0.05) is 31.4 Å². The van der Waals surface area contributed by atoms with E-state index in [1.54, 1.807) is 33.2 Å². The molecule has 4 rings (SSSR count). The number of benzene rings is 1. The number of hydrogen-bond acceptors (Lipinski definition) is 5. The van der Waals surface area contributed by atoms with Gasteiger partial charge in [0.25, 0.3) is 5.91 Å². The van der Waals surface area contributed by atoms with E-state index in [0.717, 1.165) is 25.7 Å². The van der Waals surface area contributed by atoms with Crippen LogP contribution in [0, 0.1) is 24.6 Å². The van der Waals surface area contributed by atoms with Gasteiger partial charge in [-0.1, -0.05) is 19.8 Å². The highest BCUT2D eigenvalue weighted by Gasteiger charge is 2.31. The number of hydrogen-bond donors (Lipinski definition) is 3. The quantitative estimate of drug-likeness (QED) is 0.513. The van der Waals surface area contributed by atoms with Crippen molar-refractivity contribution in [2.75, 3.05) is 14.1 Å². The fraction of sp³-hybridized carbons (Fsp3) is 0.458. The summed E-state index contributed by atoms with van der Waals surface area (Å²) in [6.07, 6.45) is 4.05. The van der Waals surface area contributed by atoms with Crippen LogP contribution < -0.4 is 5.32 Å². The first kappa shape index (κ1) is 23.6. The summed E-state index contributed by atoms with van der Waals surface area (Å²) in [5.41, 5.74) is 1.07. The molecule has 2 amide bonds. The van der Waals surface area contributed by atoms with Gasteiger partial charge in [-0.25, -0.2) is 24.1 Å². The van der Waals surface area contributed by atoms with Crippen LogP contribution in [0.25, 0.3) is 22.2 Å². The fourth-order valence-electron chi connectivity index (χ4n) is 4.62. The van der Waals surface area contributed by atoms with Gasteiger partial charge in [0.05, 0.1) is 11.6 Å². The van der Waals surface area contributed by atoms with Gasteiger partial charge in [0.1, 0.15) is 22.9 Å². The zero-order chi connectivity index (χ0) is 24.6. The van der Waals surface area contributed by atoms with Gasteiger partial charge < -0.3 is 20.3 Å². The minimum atomic E-state index is -1.14. The number of nitrogens with zero attached hydrogens (tertiary/aromatic N) is 4. The first-order valence-corrected chi connectivity index (χ1v) is 11.4. The largest absolute Gasteiger partial charge is 0.465 e. The van der Waals surface area contributed by atoms with Gasteiger partial charge in [-0.2, -0.15) is 0 Å². The first-order chi connectivity index (χ1) is 16.2. The molecule has 1 atom stereocenters. The zero-order valence-electron chi connectivity index (χ0n) is 19.7. The van der Waals surface area contributed by atoms with E-state index in [0.29, 0.717) is 23.1 Å². The molecule has 0 spiro atoms. The highest BCUT2D eigenvalue weighted by Crippen LogP contribution is 2.37. The number of carboxylic acid groups (broad SMARTS) is 1. The van der Waals surface area contributed by atoms with Crippen molar-refractivity contribution in [2.45, 2.75) is 45.6 Å². The summed E-state index contributed by atoms with van der Waals surface area (Å²) in [6.45, 7) is 3.86. The van der Waals surface area contributed by atoms with Gasteiger partial charge in [-0.05, 0) is 43.7 Å². The minimum absolute atomic E-state index is 0.0743. The monoisotopic (exact) mass is 468 g/mol. The molecule has 2 aromatic heterocycles. The number of nitrogens with one attached hydrogen (secondary N) is 2. The normalized spacial score (nSPS) is 19.1. The number of carbonyl (C=O) groups is 2. The Kier molecular flexibility index (Phi) is 6.49. The number of H-pyrrole nitrogens is 1. The topological polar surface area (TPSA) is 124 Å². The van der Waals surface area contributed by atoms with Crippen molar-refractivity contribution in [1.29, 1.82) is 0 Å². The lowest BCUT2D eigenvalue weighted by Gasteiger charge is -2.31. The molecule has 1 fully saturated rings. The molecule has 3 aromatic rings. The van der Waals surface area contributed by atoms with E-state index in [2.05, 4.69) is 32.2 Å². The highest BCUT2D eigenvalue weighted by atomic mass is 19.1. The molecule has 2 heterocycles. The molecule has 0 saturated heterocycles. The average molecular weight is 469 g/mol. The maximum Gasteiger partial charge on any atom is 0.405 e. The summed E-state index contributed by atoms with van der Waals surface area (Å²) in [7, 11) is 3.20. The van der Waals surface area contributed by atoms with E-state index in [1.165, 1.54) is 11.1 Å². The van der Waals surface area contributed by atoms with Gasteiger partial charge >= 0.3 is 6.09 Å². The van der Waals surface area contributed by atoms with Crippen molar-refractivity contribution in [3.05, 3.63) is 41.5 Å². The smallest absolute Gasteiger partial charge is 0.405 e. The van der Waals surface area contributed by atoms with Crippen LogP contribution in [-0.2, 0) is 0 Å². The number of amides is 2. The van der Waals surface area contributed by atoms with Crippen molar-refractivity contribution in [3.8, 4) is 11.1 Å². The number of aromatic amines is 1. The third-order valence-corrected chi connectivity index (χ3v) is 6.52. The van der Waals surface area contributed by atoms with Crippen LogP contribution in [0.1, 0.15) is 60.8 Å². The lowest BCUT2D eigenvalue weighted by atomic mass is 9.79. The van der Waals surface area contributed by atoms with Crippen LogP contribution in [0.2, 0.25) is 0 Å². The molecule has 3 N–H and O–H groups in total. The van der Waals surface area contributed by atoms with Gasteiger partial charge in [-0.3, -0.25) is 4.79 Å². The molecular formula is C24H29FN6O3. The van der Waals surface area contributed by atoms with Crippen LogP contribution in [0.5, 0.6) is 0 Å². The summed E-state index contributed by atoms with van der Waals surface area (Å²) in [4.78, 5) is 41.6. The Bertz CT molecular complexity index is 1230. The van der Waals surface area contributed by atoms with Crippen LogP contribution in [0.4, 0.5) is 9.18 Å². The summed E-state index contributed by atoms with van der Waals surface area (Å²) in [5, 5.41) is 12.0. The number of aryl methyl sites for hydroxylation is 1. The Morgan fingerprint density at radius 2 is 1.88 bits per heavy atom. The lowest BCUT2D eigenvalue weighted by Crippen LogP contribution is -2.34. The average Bonchev–Trinajstić information content (AvgIpc) is 3.23. The first-order valence-electron chi connectivity index (χ1n) is 11.4. The Balaban J connectivity index is 1.78. The summed E-state index contributed by atoms with van der Waals surface area (Å²) >= 11 is 0. The number of rotatable bonds is 5. The Morgan fingerprint density at radius 1 is 1.18 bits per heavy atom. The van der Waals surface area contributed by atoms with Crippen LogP contribution in [-0.4, -0.2) is 56.0 Å². The minimum Gasteiger partial charge on any atom is -0.465 e. The zero-order valence-corrected chi connectivity index (χ0v) is 19.7. The maximum absolute atomic E-state index is 15.7. The molecule has 0 aliphatic heterocycles. The molecule has 0 unspecified atom stereocenters. The van der Waals surface area contributed by atoms with Crippen molar-refractivity contribution < 1.29 is 19.1 Å². The molecule has 0 radical (unpaired) electrons. The Morgan fingerprint density at radius 3 is 2.53 bits per heavy atom. The van der Waals surface area contributed by atoms with Crippen LogP contribution >= 0.6 is 0 Å². The highest BCUT2D eigenvalue weighted by molar-refractivity contribution is 5.99. The molecule has 9 nitrogen and oxygen atoms in total. The van der Waals surface area contributed by atoms with Crippen LogP contribution in [0.3, 0.4) is 0 Å². The summed E-state index contributed by atoms with van der Waals surface area (Å²) < 4.78 is 15.7. The van der Waals surface area contributed by atoms with Crippen molar-refractivity contribution in [2.24, 2.45) is 11.8 Å². The van der Waals surface area contributed by atoms with Crippen molar-refractivity contribution >= 4 is 23.0 Å². The SMILES string of the molecule is Cc1ncc(-c2ccc3[nH]c([C@@H](NC(=O)O)C4CCC(C)CC4)nc3c2F)c(C(=O)N(C)C)n1. The molecular weight excluding hydrogens is 439 g/mol. The second-order valence-electron chi connectivity index (χ2n) is 9.27. The molecule has 180 valence electrons. The number of fused-ring (bicyclic) bond motifs is 1. The van der Waals surface area contributed by atoms with Crippen LogP contribution in [0.15, 0.2) is 18.3 Å². The molecule has 10 heteroatoms. The number of imidazole rings is 1. The predicted molar refractivity (Wildman–Crippen MR) is 125 cm³/mol. The van der Waals surface area contributed by atoms with E-state index in [1.807, 2.05) is 0 Å². The van der Waals surface area contributed by atoms with E-state index in [9.17, 15) is 14.7 Å². The standard InChI is InChI=1S/C24H29FN6O3/c1-12-5-7-14(8-6-12)19(30-24(33)34)22-28-17-10-9-15(18(25)21(17)29-22)16-11-26-13(2)27-20(16)23(32)31(3)4/h9-12,14,19,30H,5-8H2,1-4H3,(H,28,29)(H,33,34)/t12?,14?,19-/m0/s1. The Hall–Kier alpha value is -3.56. The number of carbonyl (C=O) groups excluding carboxylic acids is 1. The predicted octanol–water partition coefficient (Wildman–Crippen LogP) is 4.30. The number of aromatic nitrogens is 4. The van der Waals surface area contributed by atoms with E-state index in [-0.39, 0.29) is 34.2 Å². The lowest BCUT2D eigenvalue weighted by molar-refractivity contribution is 0.0822. The summed E-state index contributed by atoms with van der Waals surface area (Å²) in [5.74, 6) is 0.490. The van der Waals surface area contributed by atoms with E-state index >= 15 is 4.39 Å². The maximum atomic E-state index is 15.7. The molecule has 1 saturated carbocycles. The van der Waals surface area contributed by atoms with E-state index < -0.39 is 18.0 Å². The van der Waals surface area contributed by atoms with Crippen molar-refractivity contribution in [3.63, 3.8) is 0 Å².